The second-order valence-electron chi connectivity index (χ2n) is 3.11. The minimum atomic E-state index is -1.04. The third-order valence-corrected chi connectivity index (χ3v) is 2.22. The summed E-state index contributed by atoms with van der Waals surface area (Å²) in [6.45, 7) is 1.69. The highest BCUT2D eigenvalue weighted by molar-refractivity contribution is 5.85. The number of nitro groups is 1. The van der Waals surface area contributed by atoms with Crippen LogP contribution in [0.15, 0.2) is 24.3 Å². The van der Waals surface area contributed by atoms with Crippen LogP contribution in [0, 0.1) is 10.1 Å². The molecule has 88 valence electrons. The van der Waals surface area contributed by atoms with Crippen molar-refractivity contribution in [2.75, 3.05) is 0 Å². The Morgan fingerprint density at radius 2 is 2.06 bits per heavy atom. The lowest BCUT2D eigenvalue weighted by Crippen LogP contribution is -2.12. The number of nitro benzene ring substituents is 1. The van der Waals surface area contributed by atoms with Crippen LogP contribution in [-0.2, 0) is 4.79 Å². The van der Waals surface area contributed by atoms with Crippen molar-refractivity contribution in [3.05, 3.63) is 39.9 Å². The predicted octanol–water partition coefficient (Wildman–Crippen LogP) is 2.59. The van der Waals surface area contributed by atoms with Crippen LogP contribution in [0.1, 0.15) is 24.8 Å². The van der Waals surface area contributed by atoms with Gasteiger partial charge in [0.15, 0.2) is 0 Å². The first-order valence-corrected chi connectivity index (χ1v) is 4.54. The number of para-hydroxylation sites is 1. The number of hydrogen-bond donors (Lipinski definition) is 1. The van der Waals surface area contributed by atoms with Gasteiger partial charge in [0.2, 0.25) is 0 Å². The molecule has 0 aromatic heterocycles. The standard InChI is InChI=1S/C10H11NO4.ClH/c1-2-7(10(12)13)8-5-3-4-6-9(8)11(14)15;/h3-7H,2H2,1H3,(H,12,13);1H. The van der Waals surface area contributed by atoms with E-state index in [0.29, 0.717) is 6.42 Å². The van der Waals surface area contributed by atoms with Crippen molar-refractivity contribution in [3.8, 4) is 0 Å². The second kappa shape index (κ2) is 6.07. The van der Waals surface area contributed by atoms with Crippen molar-refractivity contribution in [2.45, 2.75) is 19.3 Å². The number of rotatable bonds is 4. The van der Waals surface area contributed by atoms with Crippen molar-refractivity contribution >= 4 is 24.1 Å². The molecule has 1 N–H and O–H groups in total. The van der Waals surface area contributed by atoms with Gasteiger partial charge in [-0.2, -0.15) is 0 Å². The van der Waals surface area contributed by atoms with Crippen molar-refractivity contribution in [1.82, 2.24) is 0 Å². The van der Waals surface area contributed by atoms with Crippen LogP contribution >= 0.6 is 12.4 Å². The van der Waals surface area contributed by atoms with Crippen LogP contribution in [0.2, 0.25) is 0 Å². The van der Waals surface area contributed by atoms with Crippen LogP contribution in [-0.4, -0.2) is 16.0 Å². The predicted molar refractivity (Wildman–Crippen MR) is 61.0 cm³/mol. The van der Waals surface area contributed by atoms with Gasteiger partial charge in [0.1, 0.15) is 0 Å². The molecular weight excluding hydrogens is 234 g/mol. The van der Waals surface area contributed by atoms with E-state index in [0.717, 1.165) is 0 Å². The van der Waals surface area contributed by atoms with Crippen molar-refractivity contribution in [3.63, 3.8) is 0 Å². The third-order valence-electron chi connectivity index (χ3n) is 2.22. The molecule has 1 rings (SSSR count). The normalized spacial score (nSPS) is 11.3. The van der Waals surface area contributed by atoms with Crippen LogP contribution in [0.5, 0.6) is 0 Å². The summed E-state index contributed by atoms with van der Waals surface area (Å²) in [5, 5.41) is 19.6. The van der Waals surface area contributed by atoms with Gasteiger partial charge in [0, 0.05) is 11.6 Å². The highest BCUT2D eigenvalue weighted by Crippen LogP contribution is 2.28. The smallest absolute Gasteiger partial charge is 0.311 e. The van der Waals surface area contributed by atoms with Gasteiger partial charge in [-0.3, -0.25) is 14.9 Å². The summed E-state index contributed by atoms with van der Waals surface area (Å²) in [5.74, 6) is -1.85. The summed E-state index contributed by atoms with van der Waals surface area (Å²) >= 11 is 0. The zero-order valence-corrected chi connectivity index (χ0v) is 9.44. The first kappa shape index (κ1) is 14.4. The molecule has 0 fully saturated rings. The largest absolute Gasteiger partial charge is 0.481 e. The van der Waals surface area contributed by atoms with E-state index < -0.39 is 16.8 Å². The lowest BCUT2D eigenvalue weighted by molar-refractivity contribution is -0.385. The molecule has 0 saturated heterocycles. The average molecular weight is 246 g/mol. The molecule has 1 aromatic carbocycles. The minimum Gasteiger partial charge on any atom is -0.481 e. The summed E-state index contributed by atoms with van der Waals surface area (Å²) in [5.41, 5.74) is 0.129. The molecule has 0 heterocycles. The number of carboxylic acids is 1. The first-order chi connectivity index (χ1) is 7.07. The van der Waals surface area contributed by atoms with Gasteiger partial charge in [0.25, 0.3) is 5.69 Å². The van der Waals surface area contributed by atoms with E-state index in [9.17, 15) is 14.9 Å². The number of halogens is 1. The Hall–Kier alpha value is -1.62. The summed E-state index contributed by atoms with van der Waals surface area (Å²) in [4.78, 5) is 21.0. The number of benzene rings is 1. The molecule has 0 bridgehead atoms. The molecule has 6 heteroatoms. The van der Waals surface area contributed by atoms with Crippen LogP contribution < -0.4 is 0 Å². The molecular formula is C10H12ClNO4. The Morgan fingerprint density at radius 3 is 2.50 bits per heavy atom. The van der Waals surface area contributed by atoms with Crippen LogP contribution in [0.3, 0.4) is 0 Å². The Kier molecular flexibility index (Phi) is 5.46. The highest BCUT2D eigenvalue weighted by Gasteiger charge is 2.25. The zero-order chi connectivity index (χ0) is 11.4. The van der Waals surface area contributed by atoms with Gasteiger partial charge < -0.3 is 5.11 Å². The van der Waals surface area contributed by atoms with E-state index in [1.165, 1.54) is 18.2 Å². The maximum Gasteiger partial charge on any atom is 0.311 e. The number of carboxylic acid groups (broad SMARTS) is 1. The molecule has 1 aromatic rings. The van der Waals surface area contributed by atoms with Crippen LogP contribution in [0.25, 0.3) is 0 Å². The van der Waals surface area contributed by atoms with Gasteiger partial charge >= 0.3 is 5.97 Å². The van der Waals surface area contributed by atoms with E-state index in [-0.39, 0.29) is 23.7 Å². The van der Waals surface area contributed by atoms with E-state index in [1.54, 1.807) is 13.0 Å². The molecule has 16 heavy (non-hydrogen) atoms. The molecule has 0 aliphatic rings. The van der Waals surface area contributed by atoms with Gasteiger partial charge in [-0.05, 0) is 6.42 Å². The average Bonchev–Trinajstić information content (AvgIpc) is 2.18. The molecule has 5 nitrogen and oxygen atoms in total. The number of carbonyl (C=O) groups is 1. The summed E-state index contributed by atoms with van der Waals surface area (Å²) in [6, 6.07) is 5.94. The number of hydrogen-bond acceptors (Lipinski definition) is 3. The monoisotopic (exact) mass is 245 g/mol. The Balaban J connectivity index is 0.00000225. The quantitative estimate of drug-likeness (QED) is 0.653. The van der Waals surface area contributed by atoms with Gasteiger partial charge in [-0.25, -0.2) is 0 Å². The maximum absolute atomic E-state index is 10.9. The number of aliphatic carboxylic acids is 1. The topological polar surface area (TPSA) is 80.4 Å². The SMILES string of the molecule is CCC(C(=O)O)c1ccccc1[N+](=O)[O-].Cl. The minimum absolute atomic E-state index is 0. The molecule has 0 saturated carbocycles. The summed E-state index contributed by atoms with van der Waals surface area (Å²) in [6.07, 6.45) is 0.334. The molecule has 1 unspecified atom stereocenters. The molecule has 0 aliphatic heterocycles. The lowest BCUT2D eigenvalue weighted by Gasteiger charge is -2.09. The molecule has 0 amide bonds. The number of nitrogens with zero attached hydrogens (tertiary/aromatic N) is 1. The molecule has 0 spiro atoms. The Labute approximate surface area is 98.7 Å². The zero-order valence-electron chi connectivity index (χ0n) is 8.62. The fraction of sp³-hybridized carbons (Fsp3) is 0.300. The second-order valence-corrected chi connectivity index (χ2v) is 3.11. The molecule has 1 atom stereocenters. The summed E-state index contributed by atoms with van der Waals surface area (Å²) < 4.78 is 0. The Bertz CT molecular complexity index is 394. The molecule has 0 aliphatic carbocycles. The first-order valence-electron chi connectivity index (χ1n) is 4.54. The van der Waals surface area contributed by atoms with Crippen molar-refractivity contribution in [2.24, 2.45) is 0 Å². The summed E-state index contributed by atoms with van der Waals surface area (Å²) in [7, 11) is 0. The van der Waals surface area contributed by atoms with E-state index >= 15 is 0 Å². The fourth-order valence-electron chi connectivity index (χ4n) is 1.48. The highest BCUT2D eigenvalue weighted by atomic mass is 35.5. The van der Waals surface area contributed by atoms with Crippen molar-refractivity contribution < 1.29 is 14.8 Å². The molecule has 0 radical (unpaired) electrons. The fourth-order valence-corrected chi connectivity index (χ4v) is 1.48. The lowest BCUT2D eigenvalue weighted by atomic mass is 9.95. The van der Waals surface area contributed by atoms with E-state index in [1.807, 2.05) is 0 Å². The van der Waals surface area contributed by atoms with Gasteiger partial charge in [-0.1, -0.05) is 25.1 Å². The van der Waals surface area contributed by atoms with Gasteiger partial charge in [-0.15, -0.1) is 12.4 Å². The van der Waals surface area contributed by atoms with E-state index in [2.05, 4.69) is 0 Å². The Morgan fingerprint density at radius 1 is 1.50 bits per heavy atom. The van der Waals surface area contributed by atoms with Crippen molar-refractivity contribution in [1.29, 1.82) is 0 Å². The van der Waals surface area contributed by atoms with Crippen LogP contribution in [0.4, 0.5) is 5.69 Å². The maximum atomic E-state index is 10.9. The van der Waals surface area contributed by atoms with E-state index in [4.69, 9.17) is 5.11 Å². The third kappa shape index (κ3) is 2.93. The van der Waals surface area contributed by atoms with Gasteiger partial charge in [0.05, 0.1) is 10.8 Å².